The Kier molecular flexibility index (Phi) is 5.75. The first kappa shape index (κ1) is 19.6. The van der Waals surface area contributed by atoms with Crippen molar-refractivity contribution in [2.45, 2.75) is 12.5 Å². The zero-order valence-corrected chi connectivity index (χ0v) is 17.2. The number of hydrogen-bond donors (Lipinski definition) is 1. The molecule has 30 heavy (non-hydrogen) atoms. The molecule has 1 aliphatic heterocycles. The lowest BCUT2D eigenvalue weighted by molar-refractivity contribution is 0.204. The van der Waals surface area contributed by atoms with Gasteiger partial charge in [0.2, 0.25) is 0 Å². The van der Waals surface area contributed by atoms with Gasteiger partial charge in [-0.25, -0.2) is 0 Å². The summed E-state index contributed by atoms with van der Waals surface area (Å²) >= 11 is 0. The predicted octanol–water partition coefficient (Wildman–Crippen LogP) is 5.05. The molecule has 0 fully saturated rings. The van der Waals surface area contributed by atoms with Gasteiger partial charge in [-0.1, -0.05) is 30.3 Å². The number of methoxy groups -OCH3 is 3. The Hall–Kier alpha value is -3.67. The largest absolute Gasteiger partial charge is 0.497 e. The van der Waals surface area contributed by atoms with Crippen LogP contribution in [0.15, 0.2) is 71.8 Å². The van der Waals surface area contributed by atoms with Gasteiger partial charge in [-0.15, -0.1) is 0 Å². The highest BCUT2D eigenvalue weighted by Gasteiger charge is 2.30. The molecule has 1 N–H and O–H groups in total. The topological polar surface area (TPSA) is 61.3 Å². The SMILES string of the molecule is COc1ccc(C2C/C(=N\Nc3ccccc3)c3c(OC)cc(OC)cc3O2)cc1. The molecule has 1 atom stereocenters. The number of nitrogens with one attached hydrogen (secondary N) is 1. The third kappa shape index (κ3) is 4.03. The molecule has 6 heteroatoms. The molecule has 3 aromatic carbocycles. The van der Waals surface area contributed by atoms with E-state index in [0.29, 0.717) is 23.7 Å². The minimum atomic E-state index is -0.198. The van der Waals surface area contributed by atoms with Crippen LogP contribution in [0.25, 0.3) is 0 Å². The lowest BCUT2D eigenvalue weighted by Crippen LogP contribution is -2.22. The summed E-state index contributed by atoms with van der Waals surface area (Å²) in [7, 11) is 4.91. The average molecular weight is 404 g/mol. The van der Waals surface area contributed by atoms with Crippen molar-refractivity contribution < 1.29 is 18.9 Å². The second-order valence-electron chi connectivity index (χ2n) is 6.82. The Morgan fingerprint density at radius 3 is 2.27 bits per heavy atom. The molecule has 0 bridgehead atoms. The van der Waals surface area contributed by atoms with Crippen LogP contribution in [0.3, 0.4) is 0 Å². The van der Waals surface area contributed by atoms with Crippen molar-refractivity contribution in [3.05, 3.63) is 77.9 Å². The van der Waals surface area contributed by atoms with Crippen LogP contribution < -0.4 is 24.4 Å². The molecule has 0 aromatic heterocycles. The van der Waals surface area contributed by atoms with E-state index in [0.717, 1.165) is 28.3 Å². The number of ether oxygens (including phenoxy) is 4. The summed E-state index contributed by atoms with van der Waals surface area (Å²) in [5.41, 5.74) is 6.77. The second-order valence-corrected chi connectivity index (χ2v) is 6.82. The number of rotatable bonds is 6. The summed E-state index contributed by atoms with van der Waals surface area (Å²) in [6.45, 7) is 0. The highest BCUT2D eigenvalue weighted by molar-refractivity contribution is 6.07. The molecule has 3 aromatic rings. The molecular formula is C24H24N2O4. The van der Waals surface area contributed by atoms with Crippen LogP contribution in [0.2, 0.25) is 0 Å². The summed E-state index contributed by atoms with van der Waals surface area (Å²) in [6.07, 6.45) is 0.388. The molecule has 4 rings (SSSR count). The molecule has 0 aliphatic carbocycles. The summed E-state index contributed by atoms with van der Waals surface area (Å²) in [6, 6.07) is 21.4. The first-order chi connectivity index (χ1) is 14.7. The zero-order chi connectivity index (χ0) is 20.9. The van der Waals surface area contributed by atoms with Crippen molar-refractivity contribution >= 4 is 11.4 Å². The number of anilines is 1. The first-order valence-electron chi connectivity index (χ1n) is 9.66. The second kappa shape index (κ2) is 8.78. The fraction of sp³-hybridized carbons (Fsp3) is 0.208. The maximum absolute atomic E-state index is 6.35. The summed E-state index contributed by atoms with van der Waals surface area (Å²) in [4.78, 5) is 0. The van der Waals surface area contributed by atoms with Crippen LogP contribution in [-0.4, -0.2) is 27.0 Å². The van der Waals surface area contributed by atoms with E-state index in [1.54, 1.807) is 21.3 Å². The van der Waals surface area contributed by atoms with Crippen LogP contribution in [-0.2, 0) is 0 Å². The number of fused-ring (bicyclic) bond motifs is 1. The van der Waals surface area contributed by atoms with Gasteiger partial charge >= 0.3 is 0 Å². The third-order valence-corrected chi connectivity index (χ3v) is 5.01. The van der Waals surface area contributed by atoms with Crippen LogP contribution in [0.4, 0.5) is 5.69 Å². The normalized spacial score (nSPS) is 16.4. The number of hydrazone groups is 1. The minimum Gasteiger partial charge on any atom is -0.497 e. The number of para-hydroxylation sites is 1. The van der Waals surface area contributed by atoms with Crippen molar-refractivity contribution in [1.82, 2.24) is 0 Å². The summed E-state index contributed by atoms with van der Waals surface area (Å²) in [5, 5.41) is 4.71. The van der Waals surface area contributed by atoms with E-state index in [2.05, 4.69) is 5.43 Å². The highest BCUT2D eigenvalue weighted by Crippen LogP contribution is 2.42. The summed E-state index contributed by atoms with van der Waals surface area (Å²) in [5.74, 6) is 2.80. The fourth-order valence-electron chi connectivity index (χ4n) is 3.45. The Bertz CT molecular complexity index is 1030. The van der Waals surface area contributed by atoms with Crippen LogP contribution >= 0.6 is 0 Å². The Morgan fingerprint density at radius 1 is 0.867 bits per heavy atom. The molecular weight excluding hydrogens is 380 g/mol. The molecule has 0 spiro atoms. The van der Waals surface area contributed by atoms with E-state index >= 15 is 0 Å². The third-order valence-electron chi connectivity index (χ3n) is 5.01. The van der Waals surface area contributed by atoms with E-state index < -0.39 is 0 Å². The smallest absolute Gasteiger partial charge is 0.136 e. The number of nitrogens with zero attached hydrogens (tertiary/aromatic N) is 1. The maximum Gasteiger partial charge on any atom is 0.136 e. The number of hydrogen-bond acceptors (Lipinski definition) is 6. The predicted molar refractivity (Wildman–Crippen MR) is 117 cm³/mol. The average Bonchev–Trinajstić information content (AvgIpc) is 2.82. The standard InChI is InChI=1S/C24H24N2O4/c1-27-18-11-9-16(10-12-18)21-15-20(26-25-17-7-5-4-6-8-17)24-22(29-3)13-19(28-2)14-23(24)30-21/h4-14,21,25H,15H2,1-3H3/b26-20+. The molecule has 154 valence electrons. The molecule has 1 aliphatic rings. The van der Waals surface area contributed by atoms with Gasteiger partial charge in [-0.2, -0.15) is 5.10 Å². The van der Waals surface area contributed by atoms with E-state index in [-0.39, 0.29) is 6.10 Å². The van der Waals surface area contributed by atoms with Gasteiger partial charge in [0, 0.05) is 18.6 Å². The molecule has 0 radical (unpaired) electrons. The van der Waals surface area contributed by atoms with E-state index in [4.69, 9.17) is 24.0 Å². The van der Waals surface area contributed by atoms with E-state index in [1.165, 1.54) is 0 Å². The van der Waals surface area contributed by atoms with Gasteiger partial charge in [-0.05, 0) is 29.8 Å². The Morgan fingerprint density at radius 2 is 1.60 bits per heavy atom. The monoisotopic (exact) mass is 404 g/mol. The van der Waals surface area contributed by atoms with Gasteiger partial charge in [0.05, 0.1) is 38.3 Å². The number of benzene rings is 3. The molecule has 0 saturated heterocycles. The quantitative estimate of drug-likeness (QED) is 0.583. The van der Waals surface area contributed by atoms with Crippen molar-refractivity contribution in [3.63, 3.8) is 0 Å². The van der Waals surface area contributed by atoms with Gasteiger partial charge in [0.1, 0.15) is 29.1 Å². The van der Waals surface area contributed by atoms with Crippen LogP contribution in [0.5, 0.6) is 23.0 Å². The van der Waals surface area contributed by atoms with E-state index in [9.17, 15) is 0 Å². The molecule has 0 saturated carbocycles. The van der Waals surface area contributed by atoms with Crippen molar-refractivity contribution in [2.75, 3.05) is 26.8 Å². The molecule has 1 unspecified atom stereocenters. The highest BCUT2D eigenvalue weighted by atomic mass is 16.5. The maximum atomic E-state index is 6.35. The first-order valence-corrected chi connectivity index (χ1v) is 9.66. The van der Waals surface area contributed by atoms with Gasteiger partial charge < -0.3 is 18.9 Å². The van der Waals surface area contributed by atoms with Crippen molar-refractivity contribution in [1.29, 1.82) is 0 Å². The van der Waals surface area contributed by atoms with Crippen LogP contribution in [0.1, 0.15) is 23.7 Å². The molecule has 1 heterocycles. The zero-order valence-electron chi connectivity index (χ0n) is 17.2. The lowest BCUT2D eigenvalue weighted by atomic mass is 9.94. The van der Waals surface area contributed by atoms with Gasteiger partial charge in [-0.3, -0.25) is 5.43 Å². The minimum absolute atomic E-state index is 0.198. The molecule has 0 amide bonds. The Balaban J connectivity index is 1.75. The van der Waals surface area contributed by atoms with Crippen molar-refractivity contribution in [2.24, 2.45) is 5.10 Å². The van der Waals surface area contributed by atoms with Gasteiger partial charge in [0.15, 0.2) is 0 Å². The fourth-order valence-corrected chi connectivity index (χ4v) is 3.45. The molecule has 6 nitrogen and oxygen atoms in total. The van der Waals surface area contributed by atoms with Crippen LogP contribution in [0, 0.1) is 0 Å². The van der Waals surface area contributed by atoms with Crippen molar-refractivity contribution in [3.8, 4) is 23.0 Å². The Labute approximate surface area is 176 Å². The lowest BCUT2D eigenvalue weighted by Gasteiger charge is -2.29. The van der Waals surface area contributed by atoms with Gasteiger partial charge in [0.25, 0.3) is 0 Å². The van der Waals surface area contributed by atoms with E-state index in [1.807, 2.05) is 66.7 Å². The summed E-state index contributed by atoms with van der Waals surface area (Å²) < 4.78 is 22.7.